The second-order valence-corrected chi connectivity index (χ2v) is 3.72. The van der Waals surface area contributed by atoms with Crippen LogP contribution in [0, 0.1) is 12.8 Å². The highest BCUT2D eigenvalue weighted by molar-refractivity contribution is 5.34. The Hall–Kier alpha value is -1.16. The summed E-state index contributed by atoms with van der Waals surface area (Å²) in [5.74, 6) is 2.12. The molecule has 0 bridgehead atoms. The second-order valence-electron chi connectivity index (χ2n) is 3.72. The molecule has 0 radical (unpaired) electrons. The molecule has 78 valence electrons. The number of aromatic nitrogens is 2. The van der Waals surface area contributed by atoms with Crippen LogP contribution in [0.15, 0.2) is 12.3 Å². The number of aryl methyl sites for hydroxylation is 1. The van der Waals surface area contributed by atoms with Gasteiger partial charge in [0.1, 0.15) is 11.6 Å². The zero-order chi connectivity index (χ0) is 10.6. The summed E-state index contributed by atoms with van der Waals surface area (Å²) in [6.45, 7) is 6.76. The van der Waals surface area contributed by atoms with Gasteiger partial charge in [-0.1, -0.05) is 13.8 Å². The van der Waals surface area contributed by atoms with Crippen LogP contribution >= 0.6 is 0 Å². The lowest BCUT2D eigenvalue weighted by Crippen LogP contribution is -2.34. The van der Waals surface area contributed by atoms with Gasteiger partial charge in [-0.15, -0.1) is 0 Å². The summed E-state index contributed by atoms with van der Waals surface area (Å²) in [7, 11) is 0. The van der Waals surface area contributed by atoms with Crippen LogP contribution in [0.5, 0.6) is 0 Å². The van der Waals surface area contributed by atoms with E-state index in [0.29, 0.717) is 12.5 Å². The quantitative estimate of drug-likeness (QED) is 0.755. The molecule has 0 fully saturated rings. The molecule has 0 spiro atoms. The highest BCUT2D eigenvalue weighted by atomic mass is 15.1. The number of rotatable bonds is 4. The summed E-state index contributed by atoms with van der Waals surface area (Å²) < 4.78 is 0. The van der Waals surface area contributed by atoms with E-state index in [0.717, 1.165) is 11.6 Å². The fourth-order valence-electron chi connectivity index (χ4n) is 1.22. The predicted molar refractivity (Wildman–Crippen MR) is 58.1 cm³/mol. The summed E-state index contributed by atoms with van der Waals surface area (Å²) in [4.78, 5) is 8.30. The van der Waals surface area contributed by atoms with Crippen LogP contribution in [-0.2, 0) is 0 Å². The zero-order valence-corrected chi connectivity index (χ0v) is 8.99. The van der Waals surface area contributed by atoms with Gasteiger partial charge in [-0.25, -0.2) is 9.97 Å². The third-order valence-electron chi connectivity index (χ3n) is 2.17. The van der Waals surface area contributed by atoms with Gasteiger partial charge < -0.3 is 11.1 Å². The Morgan fingerprint density at radius 2 is 2.21 bits per heavy atom. The van der Waals surface area contributed by atoms with Crippen LogP contribution in [-0.4, -0.2) is 22.6 Å². The standard InChI is InChI=1S/C10H18N4/c1-7(2)9(6-11)14-10-4-5-12-8(3)13-10/h4-5,7,9H,6,11H2,1-3H3,(H,12,13,14). The van der Waals surface area contributed by atoms with Crippen molar-refractivity contribution >= 4 is 5.82 Å². The Morgan fingerprint density at radius 3 is 2.71 bits per heavy atom. The van der Waals surface area contributed by atoms with Gasteiger partial charge in [0, 0.05) is 18.8 Å². The van der Waals surface area contributed by atoms with Crippen LogP contribution < -0.4 is 11.1 Å². The van der Waals surface area contributed by atoms with E-state index in [-0.39, 0.29) is 6.04 Å². The molecule has 0 aliphatic rings. The average Bonchev–Trinajstić information content (AvgIpc) is 2.14. The summed E-state index contributed by atoms with van der Waals surface area (Å²) >= 11 is 0. The Kier molecular flexibility index (Phi) is 3.83. The number of anilines is 1. The molecule has 0 saturated carbocycles. The normalized spacial score (nSPS) is 12.9. The van der Waals surface area contributed by atoms with Crippen molar-refractivity contribution in [3.05, 3.63) is 18.1 Å². The number of hydrogen-bond donors (Lipinski definition) is 2. The molecule has 1 heterocycles. The predicted octanol–water partition coefficient (Wildman–Crippen LogP) is 1.18. The van der Waals surface area contributed by atoms with Gasteiger partial charge in [-0.05, 0) is 18.9 Å². The maximum Gasteiger partial charge on any atom is 0.129 e. The molecule has 4 heteroatoms. The van der Waals surface area contributed by atoms with E-state index in [1.54, 1.807) is 6.20 Å². The molecule has 3 N–H and O–H groups in total. The fourth-order valence-corrected chi connectivity index (χ4v) is 1.22. The van der Waals surface area contributed by atoms with Gasteiger partial charge in [0.15, 0.2) is 0 Å². The molecular weight excluding hydrogens is 176 g/mol. The van der Waals surface area contributed by atoms with Crippen LogP contribution in [0.4, 0.5) is 5.82 Å². The molecule has 14 heavy (non-hydrogen) atoms. The topological polar surface area (TPSA) is 63.8 Å². The van der Waals surface area contributed by atoms with Crippen LogP contribution in [0.3, 0.4) is 0 Å². The minimum atomic E-state index is 0.268. The first-order chi connectivity index (χ1) is 6.63. The Morgan fingerprint density at radius 1 is 1.50 bits per heavy atom. The van der Waals surface area contributed by atoms with Crippen molar-refractivity contribution in [3.63, 3.8) is 0 Å². The van der Waals surface area contributed by atoms with Crippen LogP contribution in [0.25, 0.3) is 0 Å². The second kappa shape index (κ2) is 4.91. The van der Waals surface area contributed by atoms with E-state index in [1.807, 2.05) is 13.0 Å². The smallest absolute Gasteiger partial charge is 0.129 e. The van der Waals surface area contributed by atoms with Gasteiger partial charge >= 0.3 is 0 Å². The number of nitrogens with one attached hydrogen (secondary N) is 1. The van der Waals surface area contributed by atoms with Crippen molar-refractivity contribution in [3.8, 4) is 0 Å². The van der Waals surface area contributed by atoms with Crippen molar-refractivity contribution < 1.29 is 0 Å². The monoisotopic (exact) mass is 194 g/mol. The van der Waals surface area contributed by atoms with E-state index in [4.69, 9.17) is 5.73 Å². The highest BCUT2D eigenvalue weighted by Gasteiger charge is 2.11. The van der Waals surface area contributed by atoms with E-state index in [1.165, 1.54) is 0 Å². The third-order valence-corrected chi connectivity index (χ3v) is 2.17. The van der Waals surface area contributed by atoms with Crippen molar-refractivity contribution in [2.45, 2.75) is 26.8 Å². The van der Waals surface area contributed by atoms with Gasteiger partial charge in [-0.3, -0.25) is 0 Å². The van der Waals surface area contributed by atoms with Crippen molar-refractivity contribution in [1.29, 1.82) is 0 Å². The Balaban J connectivity index is 2.67. The van der Waals surface area contributed by atoms with Gasteiger partial charge in [0.25, 0.3) is 0 Å². The van der Waals surface area contributed by atoms with Gasteiger partial charge in [0.05, 0.1) is 0 Å². The average molecular weight is 194 g/mol. The van der Waals surface area contributed by atoms with E-state index in [2.05, 4.69) is 29.1 Å². The largest absolute Gasteiger partial charge is 0.366 e. The Bertz CT molecular complexity index is 285. The summed E-state index contributed by atoms with van der Waals surface area (Å²) in [6.07, 6.45) is 1.75. The lowest BCUT2D eigenvalue weighted by Gasteiger charge is -2.20. The molecule has 1 rings (SSSR count). The van der Waals surface area contributed by atoms with Gasteiger partial charge in [-0.2, -0.15) is 0 Å². The molecule has 0 aliphatic heterocycles. The summed E-state index contributed by atoms with van der Waals surface area (Å²) in [5, 5.41) is 3.29. The van der Waals surface area contributed by atoms with Crippen molar-refractivity contribution in [1.82, 2.24) is 9.97 Å². The first-order valence-corrected chi connectivity index (χ1v) is 4.89. The van der Waals surface area contributed by atoms with E-state index < -0.39 is 0 Å². The molecule has 1 aromatic rings. The molecular formula is C10H18N4. The fraction of sp³-hybridized carbons (Fsp3) is 0.600. The molecule has 0 amide bonds. The zero-order valence-electron chi connectivity index (χ0n) is 8.99. The maximum absolute atomic E-state index is 5.65. The molecule has 1 atom stereocenters. The first-order valence-electron chi connectivity index (χ1n) is 4.89. The maximum atomic E-state index is 5.65. The van der Waals surface area contributed by atoms with Crippen molar-refractivity contribution in [2.75, 3.05) is 11.9 Å². The third kappa shape index (κ3) is 2.96. The Labute approximate surface area is 85.0 Å². The lowest BCUT2D eigenvalue weighted by molar-refractivity contribution is 0.530. The molecule has 0 aromatic carbocycles. The number of nitrogens with zero attached hydrogens (tertiary/aromatic N) is 2. The van der Waals surface area contributed by atoms with Crippen molar-refractivity contribution in [2.24, 2.45) is 11.7 Å². The SMILES string of the molecule is Cc1nccc(NC(CN)C(C)C)n1. The molecule has 1 unspecified atom stereocenters. The summed E-state index contributed by atoms with van der Waals surface area (Å²) in [5.41, 5.74) is 5.65. The summed E-state index contributed by atoms with van der Waals surface area (Å²) in [6, 6.07) is 2.13. The van der Waals surface area contributed by atoms with Gasteiger partial charge in [0.2, 0.25) is 0 Å². The van der Waals surface area contributed by atoms with E-state index in [9.17, 15) is 0 Å². The lowest BCUT2D eigenvalue weighted by atomic mass is 10.1. The number of nitrogens with two attached hydrogens (primary N) is 1. The minimum Gasteiger partial charge on any atom is -0.366 e. The van der Waals surface area contributed by atoms with Crippen LogP contribution in [0.1, 0.15) is 19.7 Å². The number of hydrogen-bond acceptors (Lipinski definition) is 4. The molecule has 4 nitrogen and oxygen atoms in total. The van der Waals surface area contributed by atoms with E-state index >= 15 is 0 Å². The first kappa shape index (κ1) is 10.9. The minimum absolute atomic E-state index is 0.268. The molecule has 0 saturated heterocycles. The molecule has 0 aliphatic carbocycles. The van der Waals surface area contributed by atoms with Crippen LogP contribution in [0.2, 0.25) is 0 Å². The highest BCUT2D eigenvalue weighted by Crippen LogP contribution is 2.08. The molecule has 1 aromatic heterocycles.